The zero-order chi connectivity index (χ0) is 12.3. The lowest BCUT2D eigenvalue weighted by molar-refractivity contribution is -0.142. The Labute approximate surface area is 102 Å². The van der Waals surface area contributed by atoms with Gasteiger partial charge >= 0.3 is 5.97 Å². The third-order valence-corrected chi connectivity index (χ3v) is 3.19. The number of hydrogen-bond donors (Lipinski definition) is 0. The van der Waals surface area contributed by atoms with Gasteiger partial charge in [-0.3, -0.25) is 4.98 Å². The van der Waals surface area contributed by atoms with Gasteiger partial charge in [0.25, 0.3) is 0 Å². The summed E-state index contributed by atoms with van der Waals surface area (Å²) in [5, 5.41) is 0. The van der Waals surface area contributed by atoms with Crippen molar-refractivity contribution in [3.8, 4) is 0 Å². The lowest BCUT2D eigenvalue weighted by Gasteiger charge is -2.35. The lowest BCUT2D eigenvalue weighted by atomic mass is 10.0. The first-order chi connectivity index (χ1) is 8.22. The molecule has 1 aliphatic rings. The molecular formula is C13H18N2O2. The normalized spacial score (nSPS) is 20.1. The zero-order valence-electron chi connectivity index (χ0n) is 10.3. The van der Waals surface area contributed by atoms with Crippen LogP contribution in [0.4, 0.5) is 5.69 Å². The molecule has 1 fully saturated rings. The molecule has 0 bridgehead atoms. The Balaban J connectivity index is 2.24. The van der Waals surface area contributed by atoms with E-state index in [0.29, 0.717) is 0 Å². The van der Waals surface area contributed by atoms with Gasteiger partial charge in [-0.1, -0.05) is 0 Å². The van der Waals surface area contributed by atoms with E-state index < -0.39 is 0 Å². The molecule has 2 rings (SSSR count). The first kappa shape index (κ1) is 11.9. The summed E-state index contributed by atoms with van der Waals surface area (Å²) in [6, 6.07) is 3.82. The number of carbonyl (C=O) groups excluding carboxylic acids is 1. The van der Waals surface area contributed by atoms with E-state index >= 15 is 0 Å². The van der Waals surface area contributed by atoms with Crippen molar-refractivity contribution in [3.05, 3.63) is 24.0 Å². The summed E-state index contributed by atoms with van der Waals surface area (Å²) < 4.78 is 4.88. The van der Waals surface area contributed by atoms with E-state index in [4.69, 9.17) is 4.74 Å². The molecule has 1 unspecified atom stereocenters. The summed E-state index contributed by atoms with van der Waals surface area (Å²) in [5.41, 5.74) is 2.03. The molecule has 0 aliphatic carbocycles. The number of esters is 1. The van der Waals surface area contributed by atoms with Crippen molar-refractivity contribution in [2.24, 2.45) is 0 Å². The lowest BCUT2D eigenvalue weighted by Crippen LogP contribution is -2.45. The molecular weight excluding hydrogens is 216 g/mol. The molecule has 0 radical (unpaired) electrons. The number of ether oxygens (including phenoxy) is 1. The van der Waals surface area contributed by atoms with Crippen LogP contribution in [0, 0.1) is 6.92 Å². The van der Waals surface area contributed by atoms with Crippen LogP contribution < -0.4 is 4.90 Å². The van der Waals surface area contributed by atoms with Crippen LogP contribution in [0.3, 0.4) is 0 Å². The van der Waals surface area contributed by atoms with Gasteiger partial charge in [0.2, 0.25) is 0 Å². The highest BCUT2D eigenvalue weighted by Crippen LogP contribution is 2.25. The number of nitrogens with zero attached hydrogens (tertiary/aromatic N) is 2. The summed E-state index contributed by atoms with van der Waals surface area (Å²) in [7, 11) is 1.45. The van der Waals surface area contributed by atoms with Crippen molar-refractivity contribution >= 4 is 11.7 Å². The second-order valence-corrected chi connectivity index (χ2v) is 4.38. The van der Waals surface area contributed by atoms with E-state index in [1.807, 2.05) is 19.1 Å². The Kier molecular flexibility index (Phi) is 3.61. The number of pyridine rings is 1. The molecule has 0 saturated carbocycles. The molecule has 2 heterocycles. The number of rotatable bonds is 2. The molecule has 0 aromatic carbocycles. The third-order valence-electron chi connectivity index (χ3n) is 3.19. The third kappa shape index (κ3) is 2.57. The van der Waals surface area contributed by atoms with Crippen molar-refractivity contribution in [1.29, 1.82) is 0 Å². The van der Waals surface area contributed by atoms with Crippen LogP contribution in [0.15, 0.2) is 18.3 Å². The average Bonchev–Trinajstić information content (AvgIpc) is 2.38. The van der Waals surface area contributed by atoms with Gasteiger partial charge in [-0.25, -0.2) is 4.79 Å². The molecule has 1 saturated heterocycles. The van der Waals surface area contributed by atoms with E-state index in [2.05, 4.69) is 9.88 Å². The number of methoxy groups -OCH3 is 1. The first-order valence-corrected chi connectivity index (χ1v) is 5.99. The fourth-order valence-electron chi connectivity index (χ4n) is 2.33. The van der Waals surface area contributed by atoms with Crippen molar-refractivity contribution < 1.29 is 9.53 Å². The first-order valence-electron chi connectivity index (χ1n) is 5.99. The maximum absolute atomic E-state index is 11.8. The smallest absolute Gasteiger partial charge is 0.328 e. The van der Waals surface area contributed by atoms with Gasteiger partial charge in [0.15, 0.2) is 0 Å². The van der Waals surface area contributed by atoms with Crippen LogP contribution in [0.2, 0.25) is 0 Å². The summed E-state index contributed by atoms with van der Waals surface area (Å²) in [4.78, 5) is 18.1. The highest BCUT2D eigenvalue weighted by atomic mass is 16.5. The molecule has 4 heteroatoms. The monoisotopic (exact) mass is 234 g/mol. The molecule has 0 spiro atoms. The van der Waals surface area contributed by atoms with E-state index in [1.165, 1.54) is 7.11 Å². The van der Waals surface area contributed by atoms with Crippen LogP contribution in [-0.4, -0.2) is 30.6 Å². The zero-order valence-corrected chi connectivity index (χ0v) is 10.3. The number of aromatic nitrogens is 1. The summed E-state index contributed by atoms with van der Waals surface area (Å²) in [6.07, 6.45) is 4.86. The fourth-order valence-corrected chi connectivity index (χ4v) is 2.33. The highest BCUT2D eigenvalue weighted by molar-refractivity contribution is 5.80. The van der Waals surface area contributed by atoms with Crippen molar-refractivity contribution in [3.63, 3.8) is 0 Å². The molecule has 1 aromatic heterocycles. The van der Waals surface area contributed by atoms with Gasteiger partial charge in [0, 0.05) is 24.1 Å². The second-order valence-electron chi connectivity index (χ2n) is 4.38. The summed E-state index contributed by atoms with van der Waals surface area (Å²) in [6.45, 7) is 2.86. The minimum Gasteiger partial charge on any atom is -0.467 e. The standard InChI is InChI=1S/C13H18N2O2/c1-10-9-11(6-7-14-10)15-8-4-3-5-12(15)13(16)17-2/h6-7,9,12H,3-5,8H2,1-2H3. The summed E-state index contributed by atoms with van der Waals surface area (Å²) >= 11 is 0. The van der Waals surface area contributed by atoms with E-state index in [9.17, 15) is 4.79 Å². The van der Waals surface area contributed by atoms with E-state index in [1.54, 1.807) is 6.20 Å². The van der Waals surface area contributed by atoms with Crippen LogP contribution in [-0.2, 0) is 9.53 Å². The number of aryl methyl sites for hydroxylation is 1. The van der Waals surface area contributed by atoms with Gasteiger partial charge in [0.05, 0.1) is 7.11 Å². The quantitative estimate of drug-likeness (QED) is 0.733. The molecule has 1 aromatic rings. The van der Waals surface area contributed by atoms with E-state index in [-0.39, 0.29) is 12.0 Å². The van der Waals surface area contributed by atoms with Crippen LogP contribution in [0.1, 0.15) is 25.0 Å². The summed E-state index contributed by atoms with van der Waals surface area (Å²) in [5.74, 6) is -0.140. The van der Waals surface area contributed by atoms with Crippen molar-refractivity contribution in [2.75, 3.05) is 18.6 Å². The number of hydrogen-bond acceptors (Lipinski definition) is 4. The molecule has 0 N–H and O–H groups in total. The molecule has 92 valence electrons. The van der Waals surface area contributed by atoms with Gasteiger partial charge in [0.1, 0.15) is 6.04 Å². The van der Waals surface area contributed by atoms with Crippen molar-refractivity contribution in [1.82, 2.24) is 4.98 Å². The Hall–Kier alpha value is -1.58. The largest absolute Gasteiger partial charge is 0.467 e. The van der Waals surface area contributed by atoms with Crippen LogP contribution >= 0.6 is 0 Å². The van der Waals surface area contributed by atoms with Gasteiger partial charge in [-0.05, 0) is 38.3 Å². The highest BCUT2D eigenvalue weighted by Gasteiger charge is 2.29. The van der Waals surface area contributed by atoms with E-state index in [0.717, 1.165) is 37.2 Å². The Morgan fingerprint density at radius 2 is 2.35 bits per heavy atom. The SMILES string of the molecule is COC(=O)C1CCCCN1c1ccnc(C)c1. The maximum atomic E-state index is 11.8. The van der Waals surface area contributed by atoms with Crippen molar-refractivity contribution in [2.45, 2.75) is 32.2 Å². The van der Waals surface area contributed by atoms with Gasteiger partial charge < -0.3 is 9.64 Å². The van der Waals surface area contributed by atoms with Gasteiger partial charge in [-0.2, -0.15) is 0 Å². The topological polar surface area (TPSA) is 42.4 Å². The number of carbonyl (C=O) groups is 1. The molecule has 17 heavy (non-hydrogen) atoms. The van der Waals surface area contributed by atoms with Crippen LogP contribution in [0.25, 0.3) is 0 Å². The van der Waals surface area contributed by atoms with Crippen LogP contribution in [0.5, 0.6) is 0 Å². The minimum atomic E-state index is -0.143. The Morgan fingerprint density at radius 1 is 1.53 bits per heavy atom. The molecule has 0 amide bonds. The predicted molar refractivity (Wildman–Crippen MR) is 66.0 cm³/mol. The number of anilines is 1. The molecule has 1 aliphatic heterocycles. The molecule has 1 atom stereocenters. The second kappa shape index (κ2) is 5.17. The van der Waals surface area contributed by atoms with Gasteiger partial charge in [-0.15, -0.1) is 0 Å². The Bertz CT molecular complexity index is 406. The minimum absolute atomic E-state index is 0.140. The fraction of sp³-hybridized carbons (Fsp3) is 0.538. The molecule has 4 nitrogen and oxygen atoms in total. The Morgan fingerprint density at radius 3 is 3.06 bits per heavy atom. The average molecular weight is 234 g/mol. The number of piperidine rings is 1. The predicted octanol–water partition coefficient (Wildman–Crippen LogP) is 1.92. The maximum Gasteiger partial charge on any atom is 0.328 e.